The fourth-order valence-electron chi connectivity index (χ4n) is 4.62. The van der Waals surface area contributed by atoms with E-state index in [2.05, 4.69) is 11.1 Å². The van der Waals surface area contributed by atoms with Crippen molar-refractivity contribution in [2.24, 2.45) is 16.6 Å². The van der Waals surface area contributed by atoms with Gasteiger partial charge in [0.2, 0.25) is 0 Å². The summed E-state index contributed by atoms with van der Waals surface area (Å²) in [5.74, 6) is 1.76. The molecule has 0 radical (unpaired) electrons. The normalized spacial score (nSPS) is 31.8. The Kier molecular flexibility index (Phi) is 4.11. The zero-order valence-corrected chi connectivity index (χ0v) is 16.2. The van der Waals surface area contributed by atoms with Crippen LogP contribution in [0.25, 0.3) is 11.1 Å². The van der Waals surface area contributed by atoms with Crippen LogP contribution in [0.5, 0.6) is 5.75 Å². The highest BCUT2D eigenvalue weighted by atomic mass is 35.5. The van der Waals surface area contributed by atoms with Crippen LogP contribution < -0.4 is 10.5 Å². The molecule has 1 saturated carbocycles. The second kappa shape index (κ2) is 6.40. The van der Waals surface area contributed by atoms with Gasteiger partial charge in [0.05, 0.1) is 11.1 Å². The molecule has 1 fully saturated rings. The van der Waals surface area contributed by atoms with Crippen molar-refractivity contribution in [3.63, 3.8) is 0 Å². The highest BCUT2D eigenvalue weighted by Gasteiger charge is 2.54. The molecule has 140 valence electrons. The first-order valence-electron chi connectivity index (χ1n) is 9.13. The zero-order chi connectivity index (χ0) is 18.6. The molecule has 2 aliphatic heterocycles. The number of aliphatic hydroxyl groups is 1. The van der Waals surface area contributed by atoms with Crippen molar-refractivity contribution < 1.29 is 9.84 Å². The van der Waals surface area contributed by atoms with Crippen LogP contribution in [0, 0.1) is 5.92 Å². The molecule has 1 aliphatic carbocycles. The van der Waals surface area contributed by atoms with Crippen molar-refractivity contribution in [2.45, 2.75) is 37.0 Å². The number of benzene rings is 1. The van der Waals surface area contributed by atoms with Gasteiger partial charge in [-0.3, -0.25) is 4.98 Å². The number of nitrogens with two attached hydrogens (primary N) is 1. The van der Waals surface area contributed by atoms with E-state index in [1.54, 1.807) is 24.2 Å². The molecule has 2 aromatic rings. The number of amidine groups is 1. The Balaban J connectivity index is 1.66. The minimum Gasteiger partial charge on any atom is -0.490 e. The smallest absolute Gasteiger partial charge is 0.154 e. The van der Waals surface area contributed by atoms with Crippen LogP contribution in [0.1, 0.15) is 24.8 Å². The van der Waals surface area contributed by atoms with Gasteiger partial charge in [-0.25, -0.2) is 4.99 Å². The van der Waals surface area contributed by atoms with Gasteiger partial charge in [-0.1, -0.05) is 29.4 Å². The maximum absolute atomic E-state index is 10.3. The fraction of sp³-hybridized carbons (Fsp3) is 0.400. The number of halogens is 1. The molecule has 1 aromatic carbocycles. The third-order valence-electron chi connectivity index (χ3n) is 5.88. The number of rotatable bonds is 1. The number of nitrogens with zero attached hydrogens (tertiary/aromatic N) is 2. The van der Waals surface area contributed by atoms with Gasteiger partial charge < -0.3 is 15.6 Å². The van der Waals surface area contributed by atoms with Crippen molar-refractivity contribution in [3.05, 3.63) is 47.2 Å². The maximum Gasteiger partial charge on any atom is 0.154 e. The first-order chi connectivity index (χ1) is 13.0. The fourth-order valence-corrected chi connectivity index (χ4v) is 5.82. The van der Waals surface area contributed by atoms with Gasteiger partial charge >= 0.3 is 0 Å². The Bertz CT molecular complexity index is 937. The Labute approximate surface area is 167 Å². The highest BCUT2D eigenvalue weighted by Crippen LogP contribution is 2.54. The van der Waals surface area contributed by atoms with E-state index in [-0.39, 0.29) is 18.1 Å². The Morgan fingerprint density at radius 3 is 2.89 bits per heavy atom. The molecule has 0 saturated heterocycles. The molecule has 1 spiro atoms. The van der Waals surface area contributed by atoms with E-state index in [1.165, 1.54) is 0 Å². The monoisotopic (exact) mass is 401 g/mol. The highest BCUT2D eigenvalue weighted by molar-refractivity contribution is 8.14. The zero-order valence-electron chi connectivity index (χ0n) is 14.6. The van der Waals surface area contributed by atoms with Gasteiger partial charge in [0.15, 0.2) is 5.17 Å². The summed E-state index contributed by atoms with van der Waals surface area (Å²) in [5, 5.41) is 11.5. The number of hydrogen-bond donors (Lipinski definition) is 2. The van der Waals surface area contributed by atoms with Crippen LogP contribution in [-0.2, 0) is 5.54 Å². The van der Waals surface area contributed by atoms with Gasteiger partial charge in [0.1, 0.15) is 17.4 Å². The van der Waals surface area contributed by atoms with Crippen LogP contribution in [0.2, 0.25) is 5.02 Å². The largest absolute Gasteiger partial charge is 0.490 e. The Morgan fingerprint density at radius 1 is 1.22 bits per heavy atom. The van der Waals surface area contributed by atoms with Crippen molar-refractivity contribution in [1.82, 2.24) is 4.98 Å². The van der Waals surface area contributed by atoms with Gasteiger partial charge in [-0.2, -0.15) is 0 Å². The summed E-state index contributed by atoms with van der Waals surface area (Å²) < 4.78 is 6.35. The predicted molar refractivity (Wildman–Crippen MR) is 108 cm³/mol. The summed E-state index contributed by atoms with van der Waals surface area (Å²) in [6.07, 6.45) is 5.48. The quantitative estimate of drug-likeness (QED) is 0.763. The van der Waals surface area contributed by atoms with E-state index in [0.717, 1.165) is 41.0 Å². The van der Waals surface area contributed by atoms with Gasteiger partial charge in [-0.05, 0) is 43.0 Å². The number of aliphatic imine (C=N–C) groups is 1. The Morgan fingerprint density at radius 2 is 2.11 bits per heavy atom. The molecule has 0 amide bonds. The van der Waals surface area contributed by atoms with Crippen LogP contribution in [0.15, 0.2) is 41.7 Å². The van der Waals surface area contributed by atoms with Gasteiger partial charge in [0, 0.05) is 35.2 Å². The summed E-state index contributed by atoms with van der Waals surface area (Å²) in [6, 6.07) is 8.08. The molecule has 3 aliphatic rings. The molecular weight excluding hydrogens is 382 g/mol. The van der Waals surface area contributed by atoms with E-state index in [0.29, 0.717) is 16.6 Å². The minimum atomic E-state index is -0.448. The average molecular weight is 402 g/mol. The molecule has 1 aromatic heterocycles. The number of aromatic nitrogens is 1. The summed E-state index contributed by atoms with van der Waals surface area (Å²) in [5.41, 5.74) is 8.68. The van der Waals surface area contributed by atoms with E-state index in [9.17, 15) is 5.11 Å². The van der Waals surface area contributed by atoms with Crippen LogP contribution >= 0.6 is 23.4 Å². The number of hydrogen-bond acceptors (Lipinski definition) is 6. The lowest BCUT2D eigenvalue weighted by atomic mass is 9.68. The molecule has 3 N–H and O–H groups in total. The molecule has 0 bridgehead atoms. The number of aliphatic hydroxyl groups excluding tert-OH is 1. The first kappa shape index (κ1) is 17.3. The summed E-state index contributed by atoms with van der Waals surface area (Å²) in [4.78, 5) is 9.12. The molecule has 0 unspecified atom stereocenters. The average Bonchev–Trinajstić information content (AvgIpc) is 3.05. The predicted octanol–water partition coefficient (Wildman–Crippen LogP) is 3.58. The van der Waals surface area contributed by atoms with Crippen molar-refractivity contribution >= 4 is 28.5 Å². The third-order valence-corrected chi connectivity index (χ3v) is 7.06. The molecular formula is C20H20ClN3O2S. The number of thioether (sulfide) groups is 1. The number of ether oxygens (including phenoxy) is 1. The summed E-state index contributed by atoms with van der Waals surface area (Å²) in [7, 11) is 0. The molecule has 27 heavy (non-hydrogen) atoms. The lowest BCUT2D eigenvalue weighted by Gasteiger charge is -2.48. The van der Waals surface area contributed by atoms with Gasteiger partial charge in [0.25, 0.3) is 0 Å². The summed E-state index contributed by atoms with van der Waals surface area (Å²) in [6.45, 7) is 0. The number of pyridine rings is 1. The second-order valence-corrected chi connectivity index (χ2v) is 8.93. The van der Waals surface area contributed by atoms with E-state index in [1.807, 2.05) is 18.2 Å². The Hall–Kier alpha value is -1.76. The van der Waals surface area contributed by atoms with Crippen LogP contribution in [-0.4, -0.2) is 33.2 Å². The molecule has 5 rings (SSSR count). The number of fused-ring (bicyclic) bond motifs is 4. The lowest BCUT2D eigenvalue weighted by Crippen LogP contribution is -2.51. The lowest BCUT2D eigenvalue weighted by molar-refractivity contribution is -0.0236. The SMILES string of the molecule is NC1=N[C@]2(CS1)c1cc(-c3cncc(Cl)c3)ccc1O[C@@H]1CC[C@@H](O)C[C@H]12. The molecule has 7 heteroatoms. The first-order valence-corrected chi connectivity index (χ1v) is 10.5. The van der Waals surface area contributed by atoms with Gasteiger partial charge in [-0.15, -0.1) is 0 Å². The van der Waals surface area contributed by atoms with Crippen LogP contribution in [0.3, 0.4) is 0 Å². The van der Waals surface area contributed by atoms with Crippen LogP contribution in [0.4, 0.5) is 0 Å². The maximum atomic E-state index is 10.3. The van der Waals surface area contributed by atoms with Crippen molar-refractivity contribution in [1.29, 1.82) is 0 Å². The molecule has 3 heterocycles. The van der Waals surface area contributed by atoms with Crippen molar-refractivity contribution in [2.75, 3.05) is 5.75 Å². The van der Waals surface area contributed by atoms with E-state index >= 15 is 0 Å². The third kappa shape index (κ3) is 2.82. The topological polar surface area (TPSA) is 80.7 Å². The molecule has 5 nitrogen and oxygen atoms in total. The van der Waals surface area contributed by atoms with Crippen molar-refractivity contribution in [3.8, 4) is 16.9 Å². The molecule has 4 atom stereocenters. The van der Waals surface area contributed by atoms with E-state index < -0.39 is 5.54 Å². The van der Waals surface area contributed by atoms with E-state index in [4.69, 9.17) is 27.1 Å². The standard InChI is InChI=1S/C20H20ClN3O2S/c21-13-5-12(8-23-9-13)11-1-3-17-15(6-11)20(10-27-19(22)24-20)16-7-14(25)2-4-18(16)26-17/h1,3,5-6,8-9,14,16,18,25H,2,4,7,10H2,(H2,22,24)/t14-,16-,18-,20-/m1/s1. The minimum absolute atomic E-state index is 0.0647. The second-order valence-electron chi connectivity index (χ2n) is 7.50. The summed E-state index contributed by atoms with van der Waals surface area (Å²) >= 11 is 7.71.